The summed E-state index contributed by atoms with van der Waals surface area (Å²) in [7, 11) is 0. The fourth-order valence-corrected chi connectivity index (χ4v) is 4.03. The summed E-state index contributed by atoms with van der Waals surface area (Å²) < 4.78 is 5.84. The van der Waals surface area contributed by atoms with Gasteiger partial charge in [0.15, 0.2) is 0 Å². The normalized spacial score (nSPS) is 32.6. The third-order valence-electron chi connectivity index (χ3n) is 5.42. The Morgan fingerprint density at radius 1 is 1.36 bits per heavy atom. The Hall–Kier alpha value is -1.14. The highest BCUT2D eigenvalue weighted by Gasteiger charge is 2.70. The maximum Gasteiger partial charge on any atom is 0.244 e. The summed E-state index contributed by atoms with van der Waals surface area (Å²) in [6.07, 6.45) is 1.89. The summed E-state index contributed by atoms with van der Waals surface area (Å²) in [6.45, 7) is 9.57. The van der Waals surface area contributed by atoms with E-state index in [1.807, 2.05) is 27.7 Å². The lowest BCUT2D eigenvalue weighted by molar-refractivity contribution is -0.230. The van der Waals surface area contributed by atoms with E-state index >= 15 is 0 Å². The second-order valence-electron chi connectivity index (χ2n) is 6.90. The molecule has 0 bridgehead atoms. The van der Waals surface area contributed by atoms with Gasteiger partial charge in [0, 0.05) is 31.0 Å². The second-order valence-corrected chi connectivity index (χ2v) is 6.90. The quantitative estimate of drug-likeness (QED) is 0.774. The van der Waals surface area contributed by atoms with Gasteiger partial charge in [-0.1, -0.05) is 13.8 Å². The minimum absolute atomic E-state index is 0.0402. The van der Waals surface area contributed by atoms with Gasteiger partial charge >= 0.3 is 0 Å². The molecule has 1 aliphatic heterocycles. The molecule has 0 aromatic rings. The smallest absolute Gasteiger partial charge is 0.244 e. The van der Waals surface area contributed by atoms with Crippen molar-refractivity contribution in [1.82, 2.24) is 10.2 Å². The van der Waals surface area contributed by atoms with Crippen LogP contribution in [-0.2, 0) is 14.3 Å². The predicted octanol–water partition coefficient (Wildman–Crippen LogP) is 0.504. The molecule has 2 amide bonds. The van der Waals surface area contributed by atoms with Crippen LogP contribution in [-0.4, -0.2) is 54.6 Å². The molecule has 126 valence electrons. The summed E-state index contributed by atoms with van der Waals surface area (Å²) in [5, 5.41) is 2.73. The summed E-state index contributed by atoms with van der Waals surface area (Å²) >= 11 is 0. The number of nitrogens with zero attached hydrogens (tertiary/aromatic N) is 1. The highest BCUT2D eigenvalue weighted by molar-refractivity contribution is 5.92. The van der Waals surface area contributed by atoms with Crippen LogP contribution in [0.1, 0.15) is 40.5 Å². The van der Waals surface area contributed by atoms with Crippen LogP contribution in [0.4, 0.5) is 0 Å². The molecule has 1 aliphatic carbocycles. The fraction of sp³-hybridized carbons (Fsp3) is 0.875. The van der Waals surface area contributed by atoms with E-state index < -0.39 is 11.0 Å². The Bertz CT molecular complexity index is 452. The highest BCUT2D eigenvalue weighted by Crippen LogP contribution is 2.57. The number of hydrogen-bond acceptors (Lipinski definition) is 4. The van der Waals surface area contributed by atoms with Crippen molar-refractivity contribution >= 4 is 11.8 Å². The van der Waals surface area contributed by atoms with E-state index in [0.29, 0.717) is 13.1 Å². The van der Waals surface area contributed by atoms with Gasteiger partial charge < -0.3 is 20.7 Å². The van der Waals surface area contributed by atoms with Gasteiger partial charge in [0.05, 0.1) is 12.6 Å². The summed E-state index contributed by atoms with van der Waals surface area (Å²) in [5.41, 5.74) is 5.25. The zero-order valence-electron chi connectivity index (χ0n) is 14.1. The fourth-order valence-electron chi connectivity index (χ4n) is 4.03. The Balaban J connectivity index is 2.16. The molecule has 0 aromatic carbocycles. The lowest BCUT2D eigenvalue weighted by Gasteiger charge is -2.65. The van der Waals surface area contributed by atoms with Gasteiger partial charge in [0.25, 0.3) is 0 Å². The third kappa shape index (κ3) is 2.42. The third-order valence-corrected chi connectivity index (χ3v) is 5.42. The molecule has 22 heavy (non-hydrogen) atoms. The molecule has 1 heterocycles. The number of ether oxygens (including phenoxy) is 1. The number of rotatable bonds is 5. The van der Waals surface area contributed by atoms with Crippen molar-refractivity contribution in [2.45, 2.75) is 52.2 Å². The Morgan fingerprint density at radius 2 is 2.05 bits per heavy atom. The number of amides is 2. The van der Waals surface area contributed by atoms with Crippen molar-refractivity contribution < 1.29 is 14.3 Å². The van der Waals surface area contributed by atoms with Crippen molar-refractivity contribution in [3.05, 3.63) is 0 Å². The number of carbonyl (C=O) groups is 2. The molecule has 3 unspecified atom stereocenters. The van der Waals surface area contributed by atoms with Crippen LogP contribution in [0.15, 0.2) is 0 Å². The molecular formula is C16H29N3O3. The lowest BCUT2D eigenvalue weighted by atomic mass is 9.46. The minimum atomic E-state index is -0.944. The van der Waals surface area contributed by atoms with Gasteiger partial charge in [-0.3, -0.25) is 9.59 Å². The molecule has 3 N–H and O–H groups in total. The molecule has 2 rings (SSSR count). The average molecular weight is 311 g/mol. The van der Waals surface area contributed by atoms with E-state index in [1.54, 1.807) is 4.90 Å². The van der Waals surface area contributed by atoms with Crippen molar-refractivity contribution in [3.63, 3.8) is 0 Å². The van der Waals surface area contributed by atoms with Crippen LogP contribution in [0.2, 0.25) is 0 Å². The van der Waals surface area contributed by atoms with Crippen LogP contribution in [0.25, 0.3) is 0 Å². The van der Waals surface area contributed by atoms with Gasteiger partial charge in [-0.15, -0.1) is 0 Å². The number of likely N-dealkylation sites (N-methyl/N-ethyl adjacent to an activating group) is 2. The van der Waals surface area contributed by atoms with Crippen LogP contribution in [0.5, 0.6) is 0 Å². The molecule has 1 saturated heterocycles. The SMILES string of the molecule is CCNC(=O)CN(CC)C(=O)C1(N)C2CCCOC2C1(C)C. The highest BCUT2D eigenvalue weighted by atomic mass is 16.5. The van der Waals surface area contributed by atoms with Crippen molar-refractivity contribution in [1.29, 1.82) is 0 Å². The molecule has 2 fully saturated rings. The summed E-state index contributed by atoms with van der Waals surface area (Å²) in [4.78, 5) is 26.4. The van der Waals surface area contributed by atoms with Crippen molar-refractivity contribution in [2.24, 2.45) is 17.1 Å². The first-order valence-electron chi connectivity index (χ1n) is 8.27. The first-order valence-corrected chi connectivity index (χ1v) is 8.27. The van der Waals surface area contributed by atoms with E-state index in [1.165, 1.54) is 0 Å². The zero-order valence-corrected chi connectivity index (χ0v) is 14.1. The molecular weight excluding hydrogens is 282 g/mol. The van der Waals surface area contributed by atoms with Crippen LogP contribution >= 0.6 is 0 Å². The molecule has 0 aromatic heterocycles. The number of nitrogens with one attached hydrogen (secondary N) is 1. The van der Waals surface area contributed by atoms with E-state index in [0.717, 1.165) is 19.4 Å². The maximum atomic E-state index is 13.1. The van der Waals surface area contributed by atoms with Crippen LogP contribution in [0.3, 0.4) is 0 Å². The number of fused-ring (bicyclic) bond motifs is 1. The molecule has 2 aliphatic rings. The van der Waals surface area contributed by atoms with Crippen molar-refractivity contribution in [2.75, 3.05) is 26.2 Å². The first-order chi connectivity index (χ1) is 10.3. The number of hydrogen-bond donors (Lipinski definition) is 2. The van der Waals surface area contributed by atoms with E-state index in [2.05, 4.69) is 5.32 Å². The van der Waals surface area contributed by atoms with Gasteiger partial charge in [-0.05, 0) is 26.7 Å². The molecule has 3 atom stereocenters. The molecule has 0 spiro atoms. The largest absolute Gasteiger partial charge is 0.377 e. The Kier molecular flexibility index (Phi) is 4.82. The van der Waals surface area contributed by atoms with Crippen LogP contribution < -0.4 is 11.1 Å². The summed E-state index contributed by atoms with van der Waals surface area (Å²) in [5.74, 6) is -0.222. The molecule has 1 saturated carbocycles. The molecule has 6 heteroatoms. The maximum absolute atomic E-state index is 13.1. The van der Waals surface area contributed by atoms with Crippen molar-refractivity contribution in [3.8, 4) is 0 Å². The number of nitrogens with two attached hydrogens (primary N) is 1. The zero-order chi connectivity index (χ0) is 16.5. The topological polar surface area (TPSA) is 84.7 Å². The second kappa shape index (κ2) is 6.16. The Morgan fingerprint density at radius 3 is 2.64 bits per heavy atom. The van der Waals surface area contributed by atoms with Gasteiger partial charge in [0.2, 0.25) is 11.8 Å². The summed E-state index contributed by atoms with van der Waals surface area (Å²) in [6, 6.07) is 0. The van der Waals surface area contributed by atoms with Crippen LogP contribution in [0, 0.1) is 11.3 Å². The van der Waals surface area contributed by atoms with Gasteiger partial charge in [-0.25, -0.2) is 0 Å². The Labute approximate surface area is 132 Å². The van der Waals surface area contributed by atoms with Gasteiger partial charge in [0.1, 0.15) is 5.54 Å². The predicted molar refractivity (Wildman–Crippen MR) is 84.1 cm³/mol. The molecule has 0 radical (unpaired) electrons. The molecule has 6 nitrogen and oxygen atoms in total. The number of carbonyl (C=O) groups excluding carboxylic acids is 2. The lowest BCUT2D eigenvalue weighted by Crippen LogP contribution is -2.82. The van der Waals surface area contributed by atoms with E-state index in [4.69, 9.17) is 10.5 Å². The monoisotopic (exact) mass is 311 g/mol. The average Bonchev–Trinajstić information content (AvgIpc) is 2.51. The minimum Gasteiger partial charge on any atom is -0.377 e. The van der Waals surface area contributed by atoms with E-state index in [9.17, 15) is 9.59 Å². The van der Waals surface area contributed by atoms with E-state index in [-0.39, 0.29) is 30.4 Å². The van der Waals surface area contributed by atoms with Gasteiger partial charge in [-0.2, -0.15) is 0 Å². The first kappa shape index (κ1) is 17.2. The standard InChI is InChI=1S/C16H29N3O3/c1-5-18-12(20)10-19(6-2)14(21)16(17)11-8-7-9-22-13(11)15(16,3)4/h11,13H,5-10,17H2,1-4H3,(H,18,20).